The van der Waals surface area contributed by atoms with Gasteiger partial charge in [-0.05, 0) is 79.9 Å². The van der Waals surface area contributed by atoms with Crippen molar-refractivity contribution in [1.29, 1.82) is 0 Å². The monoisotopic (exact) mass is 559 g/mol. The molecule has 1 rings (SSSR count). The maximum Gasteiger partial charge on any atom is 0.337 e. The summed E-state index contributed by atoms with van der Waals surface area (Å²) < 4.78 is 2.64. The van der Waals surface area contributed by atoms with Gasteiger partial charge in [0.1, 0.15) is 0 Å². The fourth-order valence-electron chi connectivity index (χ4n) is 0.747. The van der Waals surface area contributed by atoms with E-state index < -0.39 is 5.97 Å². The van der Waals surface area contributed by atoms with Crippen molar-refractivity contribution in [1.82, 2.24) is 0 Å². The second kappa shape index (κ2) is 7.63. The van der Waals surface area contributed by atoms with E-state index in [0.717, 1.165) is 10.7 Å². The van der Waals surface area contributed by atoms with Crippen LogP contribution in [0.3, 0.4) is 0 Å². The minimum absolute atomic E-state index is 0.333. The Bertz CT molecular complexity index is 393. The average molecular weight is 559 g/mol. The Kier molecular flexibility index (Phi) is 7.80. The second-order valence-electron chi connectivity index (χ2n) is 2.66. The topological polar surface area (TPSA) is 80.4 Å². The van der Waals surface area contributed by atoms with Gasteiger partial charge in [-0.1, -0.05) is 0 Å². The molecule has 1 aromatic rings. The Morgan fingerprint density at radius 2 is 1.50 bits per heavy atom. The van der Waals surface area contributed by atoms with Crippen molar-refractivity contribution in [3.8, 4) is 0 Å². The van der Waals surface area contributed by atoms with Crippen LogP contribution in [0, 0.1) is 10.7 Å². The molecule has 3 N–H and O–H groups in total. The third-order valence-corrected chi connectivity index (χ3v) is 3.55. The van der Waals surface area contributed by atoms with Crippen molar-refractivity contribution < 1.29 is 14.7 Å². The fraction of sp³-hybridized carbons (Fsp3) is 0.111. The van der Waals surface area contributed by atoms with Gasteiger partial charge in [-0.2, -0.15) is 0 Å². The van der Waals surface area contributed by atoms with E-state index in [-0.39, 0.29) is 5.91 Å². The van der Waals surface area contributed by atoms with Crippen LogP contribution >= 0.6 is 67.8 Å². The van der Waals surface area contributed by atoms with Crippen molar-refractivity contribution >= 4 is 79.6 Å². The first kappa shape index (κ1) is 16.4. The molecule has 0 bridgehead atoms. The first-order chi connectivity index (χ1) is 7.25. The highest BCUT2D eigenvalue weighted by atomic mass is 127. The van der Waals surface area contributed by atoms with Crippen LogP contribution in [0.1, 0.15) is 17.3 Å². The summed E-state index contributed by atoms with van der Waals surface area (Å²) in [6.07, 6.45) is 0. The predicted octanol–water partition coefficient (Wildman–Crippen LogP) is 2.69. The number of halogens is 3. The van der Waals surface area contributed by atoms with E-state index in [4.69, 9.17) is 5.11 Å². The van der Waals surface area contributed by atoms with Gasteiger partial charge in [-0.3, -0.25) is 4.79 Å². The van der Waals surface area contributed by atoms with Crippen LogP contribution in [-0.4, -0.2) is 17.0 Å². The molecule has 0 spiro atoms. The molecule has 0 fully saturated rings. The highest BCUT2D eigenvalue weighted by Crippen LogP contribution is 2.22. The first-order valence-corrected chi connectivity index (χ1v) is 7.13. The third kappa shape index (κ3) is 6.18. The highest BCUT2D eigenvalue weighted by molar-refractivity contribution is 14.1. The van der Waals surface area contributed by atoms with Gasteiger partial charge >= 0.3 is 5.97 Å². The maximum atomic E-state index is 10.7. The maximum absolute atomic E-state index is 10.7. The number of carbonyl (C=O) groups is 2. The second-order valence-corrected chi connectivity index (χ2v) is 6.23. The van der Waals surface area contributed by atoms with Gasteiger partial charge in [0.25, 0.3) is 0 Å². The molecule has 16 heavy (non-hydrogen) atoms. The Morgan fingerprint density at radius 1 is 1.19 bits per heavy atom. The van der Waals surface area contributed by atoms with Gasteiger partial charge in [0.15, 0.2) is 0 Å². The number of primary amides is 1. The van der Waals surface area contributed by atoms with Gasteiger partial charge in [-0.15, -0.1) is 0 Å². The van der Waals surface area contributed by atoms with Gasteiger partial charge < -0.3 is 10.8 Å². The zero-order valence-corrected chi connectivity index (χ0v) is 14.6. The van der Waals surface area contributed by atoms with E-state index in [1.165, 1.54) is 6.92 Å². The van der Waals surface area contributed by atoms with Crippen molar-refractivity contribution in [3.63, 3.8) is 0 Å². The summed E-state index contributed by atoms with van der Waals surface area (Å²) >= 11 is 6.24. The summed E-state index contributed by atoms with van der Waals surface area (Å²) in [5.41, 5.74) is 4.87. The fourth-order valence-corrected chi connectivity index (χ4v) is 4.79. The van der Waals surface area contributed by atoms with Gasteiger partial charge in [0.05, 0.1) is 5.56 Å². The third-order valence-electron chi connectivity index (χ3n) is 1.22. The van der Waals surface area contributed by atoms with E-state index in [1.807, 2.05) is 57.3 Å². The van der Waals surface area contributed by atoms with E-state index in [2.05, 4.69) is 28.3 Å². The Balaban J connectivity index is 0.000000487. The molecular formula is C9H8I3NO3. The van der Waals surface area contributed by atoms with E-state index in [9.17, 15) is 9.59 Å². The molecule has 0 saturated heterocycles. The summed E-state index contributed by atoms with van der Waals surface area (Å²) in [6.45, 7) is 1.31. The molecule has 88 valence electrons. The molecule has 0 saturated carbocycles. The quantitative estimate of drug-likeness (QED) is 0.520. The predicted molar refractivity (Wildman–Crippen MR) is 86.4 cm³/mol. The van der Waals surface area contributed by atoms with Crippen LogP contribution in [0.15, 0.2) is 12.1 Å². The lowest BCUT2D eigenvalue weighted by atomic mass is 10.2. The molecule has 0 aromatic heterocycles. The molecule has 0 atom stereocenters. The SMILES string of the molecule is CC(N)=O.O=C(O)c1c(I)cc(I)cc1I. The Hall–Kier alpha value is 0.350. The minimum atomic E-state index is -0.861. The number of hydrogen-bond donors (Lipinski definition) is 2. The van der Waals surface area contributed by atoms with Crippen molar-refractivity contribution in [2.24, 2.45) is 5.73 Å². The van der Waals surface area contributed by atoms with Gasteiger partial charge in [-0.25, -0.2) is 4.79 Å². The average Bonchev–Trinajstić information content (AvgIpc) is 1.98. The zero-order chi connectivity index (χ0) is 12.9. The smallest absolute Gasteiger partial charge is 0.337 e. The molecule has 0 aliphatic rings. The van der Waals surface area contributed by atoms with Gasteiger partial charge in [0.2, 0.25) is 5.91 Å². The van der Waals surface area contributed by atoms with Crippen molar-refractivity contribution in [2.75, 3.05) is 0 Å². The lowest BCUT2D eigenvalue weighted by molar-refractivity contribution is -0.115. The summed E-state index contributed by atoms with van der Waals surface area (Å²) in [5.74, 6) is -1.19. The number of aromatic carboxylic acids is 1. The zero-order valence-electron chi connectivity index (χ0n) is 8.13. The van der Waals surface area contributed by atoms with Gasteiger partial charge in [0, 0.05) is 17.6 Å². The number of carboxylic acid groups (broad SMARTS) is 1. The molecular weight excluding hydrogens is 551 g/mol. The molecule has 1 aromatic carbocycles. The molecule has 0 radical (unpaired) electrons. The minimum Gasteiger partial charge on any atom is -0.478 e. The number of hydrogen-bond acceptors (Lipinski definition) is 2. The number of nitrogens with two attached hydrogens (primary N) is 1. The van der Waals surface area contributed by atoms with Crippen LogP contribution in [-0.2, 0) is 4.79 Å². The lowest BCUT2D eigenvalue weighted by Crippen LogP contribution is -2.03. The van der Waals surface area contributed by atoms with Crippen LogP contribution in [0.25, 0.3) is 0 Å². The van der Waals surface area contributed by atoms with Crippen LogP contribution < -0.4 is 5.73 Å². The Labute approximate surface area is 134 Å². The molecule has 4 nitrogen and oxygen atoms in total. The van der Waals surface area contributed by atoms with Crippen molar-refractivity contribution in [2.45, 2.75) is 6.92 Å². The molecule has 0 aliphatic carbocycles. The number of benzene rings is 1. The number of carbonyl (C=O) groups excluding carboxylic acids is 1. The highest BCUT2D eigenvalue weighted by Gasteiger charge is 2.12. The molecule has 0 aliphatic heterocycles. The van der Waals surface area contributed by atoms with Crippen molar-refractivity contribution in [3.05, 3.63) is 28.4 Å². The first-order valence-electron chi connectivity index (χ1n) is 3.89. The molecule has 0 unspecified atom stereocenters. The van der Waals surface area contributed by atoms with Crippen LogP contribution in [0.5, 0.6) is 0 Å². The largest absolute Gasteiger partial charge is 0.478 e. The summed E-state index contributed by atoms with van der Waals surface area (Å²) in [5, 5.41) is 8.83. The lowest BCUT2D eigenvalue weighted by Gasteiger charge is -2.02. The molecule has 7 heteroatoms. The summed E-state index contributed by atoms with van der Waals surface area (Å²) in [6, 6.07) is 3.71. The number of amides is 1. The molecule has 1 amide bonds. The number of carboxylic acids is 1. The Morgan fingerprint density at radius 3 is 1.75 bits per heavy atom. The summed E-state index contributed by atoms with van der Waals surface area (Å²) in [4.78, 5) is 20.0. The number of rotatable bonds is 1. The van der Waals surface area contributed by atoms with Crippen LogP contribution in [0.2, 0.25) is 0 Å². The normalized spacial score (nSPS) is 9.00. The standard InChI is InChI=1S/C7H3I3O2.C2H5NO/c8-3-1-4(9)6(7(11)12)5(10)2-3;1-2(3)4/h1-2H,(H,11,12);1H3,(H2,3,4). The summed E-state index contributed by atoms with van der Waals surface area (Å²) in [7, 11) is 0. The van der Waals surface area contributed by atoms with Crippen LogP contribution in [0.4, 0.5) is 0 Å². The van der Waals surface area contributed by atoms with E-state index in [1.54, 1.807) is 0 Å². The molecule has 0 heterocycles. The van der Waals surface area contributed by atoms with E-state index in [0.29, 0.717) is 5.56 Å². The van der Waals surface area contributed by atoms with E-state index >= 15 is 0 Å².